The molecule has 2 N–H and O–H groups in total. The van der Waals surface area contributed by atoms with Crippen molar-refractivity contribution in [3.8, 4) is 0 Å². The van der Waals surface area contributed by atoms with Crippen LogP contribution in [-0.4, -0.2) is 24.0 Å². The zero-order chi connectivity index (χ0) is 13.1. The molecule has 0 spiro atoms. The molecule has 0 aliphatic carbocycles. The van der Waals surface area contributed by atoms with Crippen molar-refractivity contribution in [1.29, 1.82) is 0 Å². The zero-order valence-corrected chi connectivity index (χ0v) is 11.3. The third-order valence-electron chi connectivity index (χ3n) is 3.92. The van der Waals surface area contributed by atoms with Gasteiger partial charge in [-0.3, -0.25) is 4.90 Å². The van der Waals surface area contributed by atoms with Crippen LogP contribution in [0.1, 0.15) is 38.3 Å². The van der Waals surface area contributed by atoms with E-state index in [9.17, 15) is 4.39 Å². The topological polar surface area (TPSA) is 29.3 Å². The van der Waals surface area contributed by atoms with Gasteiger partial charge >= 0.3 is 0 Å². The van der Waals surface area contributed by atoms with E-state index in [0.717, 1.165) is 24.6 Å². The number of benzene rings is 1. The van der Waals surface area contributed by atoms with E-state index in [1.54, 1.807) is 0 Å². The van der Waals surface area contributed by atoms with Gasteiger partial charge in [-0.05, 0) is 56.5 Å². The highest BCUT2D eigenvalue weighted by Gasteiger charge is 2.27. The summed E-state index contributed by atoms with van der Waals surface area (Å²) in [6.07, 6.45) is 2.45. The van der Waals surface area contributed by atoms with Gasteiger partial charge in [-0.15, -0.1) is 0 Å². The molecule has 1 saturated heterocycles. The maximum absolute atomic E-state index is 13.0. The first kappa shape index (κ1) is 13.5. The third kappa shape index (κ3) is 3.09. The third-order valence-corrected chi connectivity index (χ3v) is 3.92. The van der Waals surface area contributed by atoms with Crippen LogP contribution in [-0.2, 0) is 0 Å². The predicted molar refractivity (Wildman–Crippen MR) is 72.8 cm³/mol. The Morgan fingerprint density at radius 3 is 2.28 bits per heavy atom. The molecule has 1 aromatic carbocycles. The maximum Gasteiger partial charge on any atom is 0.123 e. The fourth-order valence-electron chi connectivity index (χ4n) is 2.81. The van der Waals surface area contributed by atoms with E-state index in [4.69, 9.17) is 5.73 Å². The Morgan fingerprint density at radius 2 is 1.78 bits per heavy atom. The van der Waals surface area contributed by atoms with Crippen LogP contribution in [0.25, 0.3) is 0 Å². The van der Waals surface area contributed by atoms with Gasteiger partial charge in [0, 0.05) is 12.1 Å². The van der Waals surface area contributed by atoms with Crippen molar-refractivity contribution >= 4 is 0 Å². The Bertz CT molecular complexity index is 367. The van der Waals surface area contributed by atoms with Crippen LogP contribution in [0.4, 0.5) is 4.39 Å². The highest BCUT2D eigenvalue weighted by atomic mass is 19.1. The summed E-state index contributed by atoms with van der Waals surface area (Å²) >= 11 is 0. The van der Waals surface area contributed by atoms with Crippen LogP contribution >= 0.6 is 0 Å². The molecule has 1 fully saturated rings. The highest BCUT2D eigenvalue weighted by molar-refractivity contribution is 5.21. The van der Waals surface area contributed by atoms with Crippen LogP contribution in [0.15, 0.2) is 24.3 Å². The van der Waals surface area contributed by atoms with Crippen molar-refractivity contribution in [3.63, 3.8) is 0 Å². The number of nitrogens with two attached hydrogens (primary N) is 1. The number of hydrogen-bond donors (Lipinski definition) is 1. The quantitative estimate of drug-likeness (QED) is 0.893. The Morgan fingerprint density at radius 1 is 1.22 bits per heavy atom. The van der Waals surface area contributed by atoms with Crippen molar-refractivity contribution < 1.29 is 4.39 Å². The van der Waals surface area contributed by atoms with Crippen molar-refractivity contribution in [1.82, 2.24) is 4.90 Å². The summed E-state index contributed by atoms with van der Waals surface area (Å²) in [6, 6.07) is 7.04. The minimum atomic E-state index is -0.186. The summed E-state index contributed by atoms with van der Waals surface area (Å²) in [5.41, 5.74) is 7.26. The van der Waals surface area contributed by atoms with Gasteiger partial charge in [0.1, 0.15) is 5.82 Å². The molecular formula is C15H23FN2. The first-order valence-electron chi connectivity index (χ1n) is 6.83. The number of rotatable bonds is 3. The molecule has 1 aliphatic rings. The Labute approximate surface area is 109 Å². The van der Waals surface area contributed by atoms with Gasteiger partial charge in [0.25, 0.3) is 0 Å². The number of nitrogens with zero attached hydrogens (tertiary/aromatic N) is 1. The molecule has 100 valence electrons. The number of piperidine rings is 1. The van der Waals surface area contributed by atoms with Crippen LogP contribution in [0, 0.1) is 11.7 Å². The molecule has 18 heavy (non-hydrogen) atoms. The van der Waals surface area contributed by atoms with Gasteiger partial charge in [-0.1, -0.05) is 19.1 Å². The zero-order valence-electron chi connectivity index (χ0n) is 11.3. The number of hydrogen-bond acceptors (Lipinski definition) is 2. The lowest BCUT2D eigenvalue weighted by molar-refractivity contribution is 0.123. The Hall–Kier alpha value is -0.930. The van der Waals surface area contributed by atoms with E-state index in [0.29, 0.717) is 0 Å². The van der Waals surface area contributed by atoms with Gasteiger partial charge in [0.05, 0.1) is 0 Å². The standard InChI is InChI=1S/C15H23FN2/c1-11-7-9-18(10-8-11)15(12(2)17)13-3-5-14(16)6-4-13/h3-6,11-12,15H,7-10,17H2,1-2H3. The first-order valence-corrected chi connectivity index (χ1v) is 6.83. The molecule has 2 atom stereocenters. The molecular weight excluding hydrogens is 227 g/mol. The fraction of sp³-hybridized carbons (Fsp3) is 0.600. The second-order valence-corrected chi connectivity index (χ2v) is 5.57. The molecule has 1 aromatic rings. The summed E-state index contributed by atoms with van der Waals surface area (Å²) in [7, 11) is 0. The van der Waals surface area contributed by atoms with Gasteiger partial charge in [-0.25, -0.2) is 4.39 Å². The van der Waals surface area contributed by atoms with E-state index >= 15 is 0 Å². The number of halogens is 1. The normalized spacial score (nSPS) is 21.8. The van der Waals surface area contributed by atoms with Gasteiger partial charge in [-0.2, -0.15) is 0 Å². The second kappa shape index (κ2) is 5.81. The van der Waals surface area contributed by atoms with Crippen LogP contribution < -0.4 is 5.73 Å². The lowest BCUT2D eigenvalue weighted by Gasteiger charge is -2.39. The summed E-state index contributed by atoms with van der Waals surface area (Å²) < 4.78 is 13.0. The summed E-state index contributed by atoms with van der Waals surface area (Å²) in [4.78, 5) is 2.44. The lowest BCUT2D eigenvalue weighted by Crippen LogP contribution is -2.43. The van der Waals surface area contributed by atoms with Gasteiger partial charge in [0.15, 0.2) is 0 Å². The molecule has 3 heteroatoms. The van der Waals surface area contributed by atoms with E-state index in [1.807, 2.05) is 19.1 Å². The van der Waals surface area contributed by atoms with E-state index in [1.165, 1.54) is 25.0 Å². The van der Waals surface area contributed by atoms with Crippen molar-refractivity contribution in [3.05, 3.63) is 35.6 Å². The first-order chi connectivity index (χ1) is 8.58. The SMILES string of the molecule is CC1CCN(C(c2ccc(F)cc2)C(C)N)CC1. The molecule has 1 heterocycles. The van der Waals surface area contributed by atoms with E-state index < -0.39 is 0 Å². The van der Waals surface area contributed by atoms with E-state index in [2.05, 4.69) is 11.8 Å². The van der Waals surface area contributed by atoms with Gasteiger partial charge < -0.3 is 5.73 Å². The van der Waals surface area contributed by atoms with Crippen LogP contribution in [0.3, 0.4) is 0 Å². The van der Waals surface area contributed by atoms with Crippen molar-refractivity contribution in [2.45, 2.75) is 38.8 Å². The Balaban J connectivity index is 2.15. The molecule has 0 bridgehead atoms. The summed E-state index contributed by atoms with van der Waals surface area (Å²) in [5, 5.41) is 0. The molecule has 0 saturated carbocycles. The second-order valence-electron chi connectivity index (χ2n) is 5.57. The molecule has 2 nitrogen and oxygen atoms in total. The largest absolute Gasteiger partial charge is 0.326 e. The predicted octanol–water partition coefficient (Wildman–Crippen LogP) is 2.95. The van der Waals surface area contributed by atoms with Crippen molar-refractivity contribution in [2.24, 2.45) is 11.7 Å². The summed E-state index contributed by atoms with van der Waals surface area (Å²) in [6.45, 7) is 6.51. The monoisotopic (exact) mass is 250 g/mol. The molecule has 2 unspecified atom stereocenters. The Kier molecular flexibility index (Phi) is 4.36. The molecule has 0 amide bonds. The summed E-state index contributed by atoms with van der Waals surface area (Å²) in [5.74, 6) is 0.623. The average molecular weight is 250 g/mol. The van der Waals surface area contributed by atoms with Crippen LogP contribution in [0.5, 0.6) is 0 Å². The van der Waals surface area contributed by atoms with Gasteiger partial charge in [0.2, 0.25) is 0 Å². The van der Waals surface area contributed by atoms with E-state index in [-0.39, 0.29) is 17.9 Å². The minimum absolute atomic E-state index is 0.0591. The minimum Gasteiger partial charge on any atom is -0.326 e. The maximum atomic E-state index is 13.0. The fourth-order valence-corrected chi connectivity index (χ4v) is 2.81. The highest BCUT2D eigenvalue weighted by Crippen LogP contribution is 2.28. The van der Waals surface area contributed by atoms with Crippen molar-refractivity contribution in [2.75, 3.05) is 13.1 Å². The molecule has 2 rings (SSSR count). The smallest absolute Gasteiger partial charge is 0.123 e. The van der Waals surface area contributed by atoms with Crippen LogP contribution in [0.2, 0.25) is 0 Å². The number of likely N-dealkylation sites (tertiary alicyclic amines) is 1. The average Bonchev–Trinajstić information content (AvgIpc) is 2.34. The molecule has 0 radical (unpaired) electrons. The molecule has 1 aliphatic heterocycles. The molecule has 0 aromatic heterocycles. The lowest BCUT2D eigenvalue weighted by atomic mass is 9.93.